The van der Waals surface area contributed by atoms with Crippen molar-refractivity contribution in [2.24, 2.45) is 0 Å². The Labute approximate surface area is 118 Å². The van der Waals surface area contributed by atoms with Gasteiger partial charge in [0.15, 0.2) is 0 Å². The number of fused-ring (bicyclic) bond motifs is 1. The van der Waals surface area contributed by atoms with E-state index in [9.17, 15) is 8.42 Å². The van der Waals surface area contributed by atoms with E-state index in [-0.39, 0.29) is 5.16 Å². The van der Waals surface area contributed by atoms with Crippen LogP contribution in [0.3, 0.4) is 0 Å². The van der Waals surface area contributed by atoms with Gasteiger partial charge in [0.25, 0.3) is 0 Å². The molecule has 0 amide bonds. The molecule has 0 atom stereocenters. The van der Waals surface area contributed by atoms with Gasteiger partial charge in [0.1, 0.15) is 5.75 Å². The van der Waals surface area contributed by atoms with E-state index in [4.69, 9.17) is 4.74 Å². The summed E-state index contributed by atoms with van der Waals surface area (Å²) in [5.74, 6) is 0.966. The monoisotopic (exact) mass is 292 g/mol. The third-order valence-corrected chi connectivity index (χ3v) is 4.41. The van der Waals surface area contributed by atoms with E-state index in [1.165, 1.54) is 23.6 Å². The molecule has 1 aromatic heterocycles. The maximum absolute atomic E-state index is 11.6. The standard InChI is InChI=1S/C14H16N2O3S/c1-20(17,18)14-15-6-8-16(14)7-4-11-2-3-13-12(10-11)5-9-19-13/h2-3,6,8,10H,4-5,7,9H2,1H3. The summed E-state index contributed by atoms with van der Waals surface area (Å²) in [6.45, 7) is 1.35. The average Bonchev–Trinajstić information content (AvgIpc) is 3.03. The van der Waals surface area contributed by atoms with Crippen molar-refractivity contribution in [3.05, 3.63) is 41.7 Å². The third-order valence-electron chi connectivity index (χ3n) is 3.40. The van der Waals surface area contributed by atoms with E-state index >= 15 is 0 Å². The fraction of sp³-hybridized carbons (Fsp3) is 0.357. The Morgan fingerprint density at radius 3 is 3.05 bits per heavy atom. The Kier molecular flexibility index (Phi) is 3.25. The second-order valence-electron chi connectivity index (χ2n) is 4.97. The summed E-state index contributed by atoms with van der Waals surface area (Å²) in [4.78, 5) is 3.91. The lowest BCUT2D eigenvalue weighted by Crippen LogP contribution is -2.10. The fourth-order valence-corrected chi connectivity index (χ4v) is 3.27. The van der Waals surface area contributed by atoms with Crippen LogP contribution in [0.1, 0.15) is 11.1 Å². The number of aromatic nitrogens is 2. The van der Waals surface area contributed by atoms with Crippen molar-refractivity contribution in [3.63, 3.8) is 0 Å². The first-order chi connectivity index (χ1) is 9.54. The third kappa shape index (κ3) is 2.56. The molecular formula is C14H16N2O3S. The van der Waals surface area contributed by atoms with Crippen molar-refractivity contribution in [3.8, 4) is 5.75 Å². The van der Waals surface area contributed by atoms with Gasteiger partial charge >= 0.3 is 0 Å². The quantitative estimate of drug-likeness (QED) is 0.856. The minimum Gasteiger partial charge on any atom is -0.493 e. The summed E-state index contributed by atoms with van der Waals surface area (Å²) in [5.41, 5.74) is 2.42. The van der Waals surface area contributed by atoms with Gasteiger partial charge in [0.05, 0.1) is 6.61 Å². The van der Waals surface area contributed by atoms with Crippen LogP contribution in [0.15, 0.2) is 35.7 Å². The second-order valence-corrected chi connectivity index (χ2v) is 6.88. The molecule has 1 aliphatic rings. The summed E-state index contributed by atoms with van der Waals surface area (Å²) in [6.07, 6.45) is 6.12. The van der Waals surface area contributed by atoms with Gasteiger partial charge in [0.2, 0.25) is 15.0 Å². The van der Waals surface area contributed by atoms with Crippen LogP contribution in [-0.4, -0.2) is 30.8 Å². The number of benzene rings is 1. The zero-order chi connectivity index (χ0) is 14.2. The van der Waals surface area contributed by atoms with Crippen LogP contribution >= 0.6 is 0 Å². The SMILES string of the molecule is CS(=O)(=O)c1nccn1CCc1ccc2c(c1)CCO2. The molecule has 0 N–H and O–H groups in total. The van der Waals surface area contributed by atoms with Crippen LogP contribution in [0.2, 0.25) is 0 Å². The molecule has 5 nitrogen and oxygen atoms in total. The molecule has 20 heavy (non-hydrogen) atoms. The molecule has 0 saturated heterocycles. The number of imidazole rings is 1. The Bertz CT molecular complexity index is 735. The molecule has 0 bridgehead atoms. The zero-order valence-electron chi connectivity index (χ0n) is 11.2. The van der Waals surface area contributed by atoms with Crippen LogP contribution in [0.25, 0.3) is 0 Å². The van der Waals surface area contributed by atoms with E-state index in [2.05, 4.69) is 11.1 Å². The van der Waals surface area contributed by atoms with Gasteiger partial charge in [-0.3, -0.25) is 0 Å². The first-order valence-electron chi connectivity index (χ1n) is 6.50. The molecule has 0 spiro atoms. The molecule has 3 rings (SSSR count). The first kappa shape index (κ1) is 13.2. The highest BCUT2D eigenvalue weighted by Crippen LogP contribution is 2.26. The molecular weight excluding hydrogens is 276 g/mol. The molecule has 1 aliphatic heterocycles. The lowest BCUT2D eigenvalue weighted by atomic mass is 10.1. The van der Waals surface area contributed by atoms with Crippen LogP contribution in [0.5, 0.6) is 5.75 Å². The number of hydrogen-bond donors (Lipinski definition) is 0. The van der Waals surface area contributed by atoms with Crippen LogP contribution in [-0.2, 0) is 29.2 Å². The highest BCUT2D eigenvalue weighted by Gasteiger charge is 2.15. The van der Waals surface area contributed by atoms with Crippen molar-refractivity contribution in [1.82, 2.24) is 9.55 Å². The molecule has 0 fully saturated rings. The minimum atomic E-state index is -3.27. The van der Waals surface area contributed by atoms with Gasteiger partial charge in [-0.25, -0.2) is 13.4 Å². The second kappa shape index (κ2) is 4.94. The summed E-state index contributed by atoms with van der Waals surface area (Å²) in [6, 6.07) is 6.16. The Hall–Kier alpha value is -1.82. The number of sulfone groups is 1. The molecule has 0 saturated carbocycles. The molecule has 2 aromatic rings. The maximum atomic E-state index is 11.6. The molecule has 6 heteroatoms. The molecule has 0 aliphatic carbocycles. The van der Waals surface area contributed by atoms with Crippen molar-refractivity contribution < 1.29 is 13.2 Å². The van der Waals surface area contributed by atoms with Gasteiger partial charge in [-0.1, -0.05) is 12.1 Å². The van der Waals surface area contributed by atoms with Crippen molar-refractivity contribution in [2.75, 3.05) is 12.9 Å². The Morgan fingerprint density at radius 1 is 1.40 bits per heavy atom. The van der Waals surface area contributed by atoms with E-state index < -0.39 is 9.84 Å². The van der Waals surface area contributed by atoms with Crippen LogP contribution in [0.4, 0.5) is 0 Å². The van der Waals surface area contributed by atoms with E-state index in [1.807, 2.05) is 12.1 Å². The van der Waals surface area contributed by atoms with Gasteiger partial charge < -0.3 is 9.30 Å². The topological polar surface area (TPSA) is 61.2 Å². The summed E-state index contributed by atoms with van der Waals surface area (Å²) in [5, 5.41) is 0.127. The molecule has 1 aromatic carbocycles. The van der Waals surface area contributed by atoms with Gasteiger partial charge in [0, 0.05) is 31.6 Å². The van der Waals surface area contributed by atoms with E-state index in [0.29, 0.717) is 6.54 Å². The molecule has 0 unspecified atom stereocenters. The minimum absolute atomic E-state index is 0.127. The summed E-state index contributed by atoms with van der Waals surface area (Å²) >= 11 is 0. The average molecular weight is 292 g/mol. The van der Waals surface area contributed by atoms with Gasteiger partial charge in [-0.15, -0.1) is 0 Å². The number of ether oxygens (including phenoxy) is 1. The zero-order valence-corrected chi connectivity index (χ0v) is 12.1. The number of hydrogen-bond acceptors (Lipinski definition) is 4. The highest BCUT2D eigenvalue weighted by atomic mass is 32.2. The van der Waals surface area contributed by atoms with Crippen molar-refractivity contribution in [1.29, 1.82) is 0 Å². The lowest BCUT2D eigenvalue weighted by molar-refractivity contribution is 0.357. The maximum Gasteiger partial charge on any atom is 0.227 e. The smallest absolute Gasteiger partial charge is 0.227 e. The Balaban J connectivity index is 1.76. The number of aryl methyl sites for hydroxylation is 2. The summed E-state index contributed by atoms with van der Waals surface area (Å²) < 4.78 is 30.3. The first-order valence-corrected chi connectivity index (χ1v) is 8.39. The predicted molar refractivity (Wildman–Crippen MR) is 74.7 cm³/mol. The molecule has 0 radical (unpaired) electrons. The predicted octanol–water partition coefficient (Wildman–Crippen LogP) is 1.46. The summed E-state index contributed by atoms with van der Waals surface area (Å²) in [7, 11) is -3.27. The van der Waals surface area contributed by atoms with E-state index in [1.54, 1.807) is 10.8 Å². The van der Waals surface area contributed by atoms with Crippen molar-refractivity contribution >= 4 is 9.84 Å². The molecule has 2 heterocycles. The number of rotatable bonds is 4. The van der Waals surface area contributed by atoms with E-state index in [0.717, 1.165) is 25.2 Å². The van der Waals surface area contributed by atoms with Gasteiger partial charge in [-0.05, 0) is 23.6 Å². The fourth-order valence-electron chi connectivity index (χ4n) is 2.44. The lowest BCUT2D eigenvalue weighted by Gasteiger charge is -2.07. The highest BCUT2D eigenvalue weighted by molar-refractivity contribution is 7.90. The largest absolute Gasteiger partial charge is 0.493 e. The van der Waals surface area contributed by atoms with Crippen LogP contribution < -0.4 is 4.74 Å². The van der Waals surface area contributed by atoms with Gasteiger partial charge in [-0.2, -0.15) is 0 Å². The number of nitrogens with zero attached hydrogens (tertiary/aromatic N) is 2. The van der Waals surface area contributed by atoms with Crippen LogP contribution in [0, 0.1) is 0 Å². The molecule has 106 valence electrons. The van der Waals surface area contributed by atoms with Crippen molar-refractivity contribution in [2.45, 2.75) is 24.5 Å². The normalized spacial score (nSPS) is 14.1. The Morgan fingerprint density at radius 2 is 2.25 bits per heavy atom.